The van der Waals surface area contributed by atoms with Gasteiger partial charge in [-0.15, -0.1) is 0 Å². The zero-order valence-electron chi connectivity index (χ0n) is 8.56. The van der Waals surface area contributed by atoms with Gasteiger partial charge in [0.05, 0.1) is 12.8 Å². The van der Waals surface area contributed by atoms with Gasteiger partial charge in [0, 0.05) is 0 Å². The number of aliphatic carboxylic acids is 2. The fourth-order valence-electron chi connectivity index (χ4n) is 1.39. The van der Waals surface area contributed by atoms with Crippen LogP contribution in [0.2, 0.25) is 0 Å². The predicted octanol–water partition coefficient (Wildman–Crippen LogP) is 0.944. The second-order valence-electron chi connectivity index (χ2n) is 3.53. The molecule has 1 aliphatic heterocycles. The van der Waals surface area contributed by atoms with Gasteiger partial charge >= 0.3 is 17.9 Å². The van der Waals surface area contributed by atoms with Gasteiger partial charge in [-0.2, -0.15) is 0 Å². The Bertz CT molecular complexity index is 373. The van der Waals surface area contributed by atoms with Crippen molar-refractivity contribution in [2.75, 3.05) is 0 Å². The van der Waals surface area contributed by atoms with E-state index < -0.39 is 46.4 Å². The van der Waals surface area contributed by atoms with Crippen LogP contribution in [0, 0.1) is 0 Å². The van der Waals surface area contributed by atoms with Gasteiger partial charge in [0.15, 0.2) is 5.60 Å². The number of hydrogen-bond donors (Lipinski definition) is 2. The Morgan fingerprint density at radius 2 is 1.67 bits per heavy atom. The summed E-state index contributed by atoms with van der Waals surface area (Å²) in [6, 6.07) is 0. The maximum Gasteiger partial charge on any atom is 0.342 e. The molecule has 18 heavy (non-hydrogen) atoms. The van der Waals surface area contributed by atoms with Crippen LogP contribution in [-0.4, -0.2) is 43.8 Å². The zero-order valence-corrected chi connectivity index (χ0v) is 10.8. The van der Waals surface area contributed by atoms with Crippen LogP contribution in [0.3, 0.4) is 0 Å². The highest BCUT2D eigenvalue weighted by Gasteiger charge is 2.58. The van der Waals surface area contributed by atoms with Crippen molar-refractivity contribution >= 4 is 52.7 Å². The van der Waals surface area contributed by atoms with Crippen LogP contribution >= 0.6 is 34.8 Å². The van der Waals surface area contributed by atoms with Crippen molar-refractivity contribution in [1.82, 2.24) is 0 Å². The van der Waals surface area contributed by atoms with E-state index in [0.717, 1.165) is 0 Å². The van der Waals surface area contributed by atoms with E-state index in [1.807, 2.05) is 0 Å². The molecule has 2 N–H and O–H groups in total. The van der Waals surface area contributed by atoms with Crippen molar-refractivity contribution in [3.8, 4) is 0 Å². The first-order valence-electron chi connectivity index (χ1n) is 4.46. The molecule has 102 valence electrons. The van der Waals surface area contributed by atoms with Gasteiger partial charge in [0.1, 0.15) is 0 Å². The summed E-state index contributed by atoms with van der Waals surface area (Å²) in [5, 5.41) is 17.4. The summed E-state index contributed by atoms with van der Waals surface area (Å²) in [5.41, 5.74) is -2.19. The summed E-state index contributed by atoms with van der Waals surface area (Å²) < 4.78 is 7.33. The molecule has 1 saturated heterocycles. The lowest BCUT2D eigenvalue weighted by molar-refractivity contribution is -0.158. The summed E-state index contributed by atoms with van der Waals surface area (Å²) >= 11 is 16.3. The molecule has 1 atom stereocenters. The van der Waals surface area contributed by atoms with Crippen LogP contribution in [0.4, 0.5) is 0 Å². The number of carbonyl (C=O) groups is 3. The predicted molar refractivity (Wildman–Crippen MR) is 58.5 cm³/mol. The first-order chi connectivity index (χ1) is 8.07. The molecule has 0 saturated carbocycles. The van der Waals surface area contributed by atoms with E-state index in [1.54, 1.807) is 0 Å². The van der Waals surface area contributed by atoms with Gasteiger partial charge in [0.25, 0.3) is 10.1 Å². The summed E-state index contributed by atoms with van der Waals surface area (Å²) in [4.78, 5) is 32.9. The standard InChI is InChI=1S/C8H7Cl3O7/c9-8(10,11)6-17-5(16)7(18-6,1-3(12)13)2-4(14)15/h6H,1-2H2,(H,12,13)(H,14,15). The van der Waals surface area contributed by atoms with E-state index in [4.69, 9.17) is 49.8 Å². The normalized spacial score (nSPS) is 22.6. The molecule has 0 aromatic carbocycles. The molecule has 0 aromatic rings. The highest BCUT2D eigenvalue weighted by molar-refractivity contribution is 6.68. The minimum Gasteiger partial charge on any atom is -0.481 e. The van der Waals surface area contributed by atoms with Crippen molar-refractivity contribution < 1.29 is 34.1 Å². The Labute approximate surface area is 115 Å². The van der Waals surface area contributed by atoms with Gasteiger partial charge in [-0.1, -0.05) is 34.8 Å². The average molecular weight is 321 g/mol. The van der Waals surface area contributed by atoms with Crippen LogP contribution in [0.25, 0.3) is 0 Å². The Morgan fingerprint density at radius 1 is 1.22 bits per heavy atom. The summed E-state index contributed by atoms with van der Waals surface area (Å²) in [7, 11) is 0. The molecular formula is C8H7Cl3O7. The number of rotatable bonds is 4. The monoisotopic (exact) mass is 320 g/mol. The number of carbonyl (C=O) groups excluding carboxylic acids is 1. The van der Waals surface area contributed by atoms with Crippen molar-refractivity contribution in [2.45, 2.75) is 28.5 Å². The average Bonchev–Trinajstić information content (AvgIpc) is 2.40. The quantitative estimate of drug-likeness (QED) is 0.585. The number of ether oxygens (including phenoxy) is 2. The molecule has 0 aromatic heterocycles. The third-order valence-electron chi connectivity index (χ3n) is 2.06. The number of cyclic esters (lactones) is 1. The van der Waals surface area contributed by atoms with Gasteiger partial charge < -0.3 is 19.7 Å². The van der Waals surface area contributed by atoms with Crippen molar-refractivity contribution in [3.63, 3.8) is 0 Å². The molecule has 0 bridgehead atoms. The Kier molecular flexibility index (Phi) is 4.32. The smallest absolute Gasteiger partial charge is 0.342 e. The largest absolute Gasteiger partial charge is 0.481 e. The van der Waals surface area contributed by atoms with Crippen molar-refractivity contribution in [1.29, 1.82) is 0 Å². The van der Waals surface area contributed by atoms with Gasteiger partial charge in [-0.3, -0.25) is 9.59 Å². The zero-order chi connectivity index (χ0) is 14.1. The Hall–Kier alpha value is -0.760. The van der Waals surface area contributed by atoms with Gasteiger partial charge in [0.2, 0.25) is 0 Å². The molecule has 1 unspecified atom stereocenters. The molecular weight excluding hydrogens is 314 g/mol. The number of carboxylic acid groups (broad SMARTS) is 2. The molecule has 1 fully saturated rings. The van der Waals surface area contributed by atoms with Crippen LogP contribution in [0.1, 0.15) is 12.8 Å². The van der Waals surface area contributed by atoms with E-state index in [-0.39, 0.29) is 0 Å². The number of esters is 1. The number of halogens is 3. The van der Waals surface area contributed by atoms with E-state index in [9.17, 15) is 14.4 Å². The fraction of sp³-hybridized carbons (Fsp3) is 0.625. The second kappa shape index (κ2) is 5.08. The molecule has 0 aliphatic carbocycles. The third kappa shape index (κ3) is 3.38. The van der Waals surface area contributed by atoms with Gasteiger partial charge in [-0.25, -0.2) is 4.79 Å². The van der Waals surface area contributed by atoms with Crippen molar-refractivity contribution in [2.24, 2.45) is 0 Å². The molecule has 0 amide bonds. The molecule has 10 heteroatoms. The van der Waals surface area contributed by atoms with Crippen LogP contribution in [-0.2, 0) is 23.9 Å². The Balaban J connectivity index is 3.01. The molecule has 1 rings (SSSR count). The number of alkyl halides is 3. The topological polar surface area (TPSA) is 110 Å². The maximum atomic E-state index is 11.6. The number of hydrogen-bond acceptors (Lipinski definition) is 5. The first kappa shape index (κ1) is 15.3. The SMILES string of the molecule is O=C(O)CC1(CC(=O)O)OC(C(Cl)(Cl)Cl)OC1=O. The summed E-state index contributed by atoms with van der Waals surface area (Å²) in [5.74, 6) is -4.08. The van der Waals surface area contributed by atoms with Crippen LogP contribution in [0.5, 0.6) is 0 Å². The molecule has 1 aliphatic rings. The fourth-order valence-corrected chi connectivity index (χ4v) is 1.66. The molecule has 0 radical (unpaired) electrons. The summed E-state index contributed by atoms with van der Waals surface area (Å²) in [6.45, 7) is 0. The van der Waals surface area contributed by atoms with E-state index >= 15 is 0 Å². The minimum absolute atomic E-state index is 0.907. The Morgan fingerprint density at radius 3 is 1.94 bits per heavy atom. The lowest BCUT2D eigenvalue weighted by Gasteiger charge is -2.22. The van der Waals surface area contributed by atoms with Crippen molar-refractivity contribution in [3.05, 3.63) is 0 Å². The minimum atomic E-state index is -2.19. The van der Waals surface area contributed by atoms with Crippen LogP contribution in [0.15, 0.2) is 0 Å². The number of carboxylic acids is 2. The van der Waals surface area contributed by atoms with Crippen LogP contribution < -0.4 is 0 Å². The van der Waals surface area contributed by atoms with E-state index in [1.165, 1.54) is 0 Å². The highest BCUT2D eigenvalue weighted by atomic mass is 35.6. The molecule has 7 nitrogen and oxygen atoms in total. The van der Waals surface area contributed by atoms with E-state index in [0.29, 0.717) is 0 Å². The van der Waals surface area contributed by atoms with Gasteiger partial charge in [-0.05, 0) is 0 Å². The molecule has 1 heterocycles. The lowest BCUT2D eigenvalue weighted by atomic mass is 9.96. The van der Waals surface area contributed by atoms with E-state index in [2.05, 4.69) is 4.74 Å². The first-order valence-corrected chi connectivity index (χ1v) is 5.59. The second-order valence-corrected chi connectivity index (χ2v) is 5.90. The summed E-state index contributed by atoms with van der Waals surface area (Å²) in [6.07, 6.45) is -3.47. The molecule has 0 spiro atoms. The maximum absolute atomic E-state index is 11.6. The third-order valence-corrected chi connectivity index (χ3v) is 2.59. The highest BCUT2D eigenvalue weighted by Crippen LogP contribution is 2.42. The lowest BCUT2D eigenvalue weighted by Crippen LogP contribution is -2.42.